The summed E-state index contributed by atoms with van der Waals surface area (Å²) >= 11 is 0. The van der Waals surface area contributed by atoms with E-state index in [4.69, 9.17) is 9.72 Å². The number of benzene rings is 9. The van der Waals surface area contributed by atoms with Gasteiger partial charge in [-0.05, 0) is 88.8 Å². The second kappa shape index (κ2) is 17.4. The molecule has 6 nitrogen and oxygen atoms in total. The quantitative estimate of drug-likeness (QED) is 0.137. The molecule has 0 amide bonds. The van der Waals surface area contributed by atoms with E-state index in [2.05, 4.69) is 231 Å². The largest absolute Gasteiger partial charge is 0.457 e. The average molecular weight is 917 g/mol. The second-order valence-corrected chi connectivity index (χ2v) is 18.4. The molecular formula is C65H49N5O. The summed E-state index contributed by atoms with van der Waals surface area (Å²) in [6.45, 7) is 4.50. The minimum Gasteiger partial charge on any atom is -0.457 e. The van der Waals surface area contributed by atoms with E-state index in [1.165, 1.54) is 22.3 Å². The summed E-state index contributed by atoms with van der Waals surface area (Å²) in [5.41, 5.74) is 17.2. The SMILES string of the molecule is [2H]C(C)(C)c1cc(-n2c3cc(Oc4cccc(N5CN(c6c(-c7ccccc7)cccc6-c6ccccc6)c6ccccc65)c4)ccc3c3c2c2ccccc2n3-c2ccccc2)ncc1-c1ccccc1. The summed E-state index contributed by atoms with van der Waals surface area (Å²) in [6.07, 6.45) is 1.94. The molecule has 0 aliphatic carbocycles. The van der Waals surface area contributed by atoms with Crippen LogP contribution in [0.3, 0.4) is 0 Å². The fourth-order valence-electron chi connectivity index (χ4n) is 10.7. The maximum Gasteiger partial charge on any atom is 0.137 e. The number of pyridine rings is 1. The van der Waals surface area contributed by atoms with Crippen LogP contribution in [0.5, 0.6) is 11.5 Å². The molecule has 0 unspecified atom stereocenters. The van der Waals surface area contributed by atoms with E-state index < -0.39 is 5.89 Å². The molecule has 0 atom stereocenters. The van der Waals surface area contributed by atoms with Gasteiger partial charge in [0.2, 0.25) is 0 Å². The van der Waals surface area contributed by atoms with Crippen LogP contribution in [0.4, 0.5) is 22.7 Å². The number of fused-ring (bicyclic) bond motifs is 6. The van der Waals surface area contributed by atoms with Crippen molar-refractivity contribution in [2.24, 2.45) is 0 Å². The number of ether oxygens (including phenoxy) is 1. The van der Waals surface area contributed by atoms with Crippen LogP contribution in [0.1, 0.15) is 26.7 Å². The van der Waals surface area contributed by atoms with Crippen molar-refractivity contribution in [1.29, 1.82) is 0 Å². The van der Waals surface area contributed by atoms with E-state index in [1.54, 1.807) is 0 Å². The third-order valence-electron chi connectivity index (χ3n) is 13.9. The van der Waals surface area contributed by atoms with E-state index in [1.807, 2.05) is 44.3 Å². The van der Waals surface area contributed by atoms with Crippen LogP contribution in [0.2, 0.25) is 0 Å². The molecule has 0 N–H and O–H groups in total. The molecule has 3 aromatic heterocycles. The molecule has 0 saturated heterocycles. The van der Waals surface area contributed by atoms with Crippen molar-refractivity contribution in [2.75, 3.05) is 16.5 Å². The van der Waals surface area contributed by atoms with Crippen molar-refractivity contribution in [2.45, 2.75) is 19.7 Å². The van der Waals surface area contributed by atoms with Gasteiger partial charge in [0.25, 0.3) is 0 Å². The lowest BCUT2D eigenvalue weighted by Gasteiger charge is -2.27. The monoisotopic (exact) mass is 916 g/mol. The maximum absolute atomic E-state index is 9.42. The minimum absolute atomic E-state index is 0.601. The van der Waals surface area contributed by atoms with E-state index >= 15 is 0 Å². The third-order valence-corrected chi connectivity index (χ3v) is 13.9. The Labute approximate surface area is 414 Å². The fourth-order valence-corrected chi connectivity index (χ4v) is 10.7. The zero-order valence-corrected chi connectivity index (χ0v) is 39.4. The summed E-state index contributed by atoms with van der Waals surface area (Å²) in [6, 6.07) is 83.1. The van der Waals surface area contributed by atoms with Crippen molar-refractivity contribution in [3.63, 3.8) is 0 Å². The minimum atomic E-state index is -0.912. The van der Waals surface area contributed by atoms with Gasteiger partial charge < -0.3 is 19.1 Å². The fraction of sp³-hybridized carbons (Fsp3) is 0.0615. The lowest BCUT2D eigenvalue weighted by molar-refractivity contribution is 0.483. The van der Waals surface area contributed by atoms with Crippen LogP contribution in [-0.4, -0.2) is 20.8 Å². The summed E-state index contributed by atoms with van der Waals surface area (Å²) in [4.78, 5) is 10.1. The number of hydrogen-bond acceptors (Lipinski definition) is 4. The molecule has 9 aromatic carbocycles. The van der Waals surface area contributed by atoms with Gasteiger partial charge in [-0.3, -0.25) is 4.57 Å². The molecule has 1 aliphatic heterocycles. The van der Waals surface area contributed by atoms with Crippen molar-refractivity contribution < 1.29 is 6.11 Å². The Morgan fingerprint density at radius 2 is 0.986 bits per heavy atom. The molecule has 0 saturated carbocycles. The number of rotatable bonds is 10. The van der Waals surface area contributed by atoms with E-state index in [9.17, 15) is 1.37 Å². The zero-order valence-electron chi connectivity index (χ0n) is 40.4. The highest BCUT2D eigenvalue weighted by molar-refractivity contribution is 6.20. The zero-order chi connectivity index (χ0) is 48.3. The lowest BCUT2D eigenvalue weighted by Crippen LogP contribution is -2.24. The van der Waals surface area contributed by atoms with Gasteiger partial charge in [-0.2, -0.15) is 0 Å². The van der Waals surface area contributed by atoms with Crippen LogP contribution in [0, 0.1) is 0 Å². The standard InChI is InChI=1S/C65H49N5O/c1-44(2)56-41-62(66-42-57(56)47-25-11-5-12-26-47)70-61-40-51(37-38-55(61)64-65(70)54-31-15-16-34-58(54)69(64)48-27-13-6-14-28-48)71-50-30-19-29-49(39-50)67-43-68(60-36-18-17-35-59(60)67)63-52(45-21-7-3-8-22-45)32-20-33-53(63)46-23-9-4-10-24-46/h3-42,44H,43H2,1-2H3/i44D. The third kappa shape index (κ3) is 7.23. The average Bonchev–Trinajstić information content (AvgIpc) is 4.09. The second-order valence-electron chi connectivity index (χ2n) is 18.4. The first-order valence-electron chi connectivity index (χ1n) is 24.7. The summed E-state index contributed by atoms with van der Waals surface area (Å²) in [7, 11) is 0. The molecule has 13 rings (SSSR count). The molecule has 71 heavy (non-hydrogen) atoms. The van der Waals surface area contributed by atoms with Crippen molar-refractivity contribution >= 4 is 55.6 Å². The van der Waals surface area contributed by atoms with Crippen LogP contribution >= 0.6 is 0 Å². The number of anilines is 4. The molecule has 6 heteroatoms. The molecule has 0 spiro atoms. The van der Waals surface area contributed by atoms with Gasteiger partial charge >= 0.3 is 0 Å². The van der Waals surface area contributed by atoms with Gasteiger partial charge in [0.05, 0.1) is 39.1 Å². The van der Waals surface area contributed by atoms with Gasteiger partial charge in [0.1, 0.15) is 24.0 Å². The Balaban J connectivity index is 0.936. The number of para-hydroxylation sites is 5. The first kappa shape index (κ1) is 40.9. The highest BCUT2D eigenvalue weighted by Gasteiger charge is 2.32. The number of nitrogens with zero attached hydrogens (tertiary/aromatic N) is 5. The van der Waals surface area contributed by atoms with Gasteiger partial charge in [0, 0.05) is 58.5 Å². The molecule has 12 aromatic rings. The maximum atomic E-state index is 9.42. The molecule has 0 radical (unpaired) electrons. The van der Waals surface area contributed by atoms with Crippen molar-refractivity contribution in [3.05, 3.63) is 248 Å². The summed E-state index contributed by atoms with van der Waals surface area (Å²) in [5, 5.41) is 2.16. The van der Waals surface area contributed by atoms with Crippen LogP contribution in [-0.2, 0) is 0 Å². The summed E-state index contributed by atoms with van der Waals surface area (Å²) < 4.78 is 21.0. The predicted octanol–water partition coefficient (Wildman–Crippen LogP) is 17.3. The van der Waals surface area contributed by atoms with Crippen LogP contribution in [0.25, 0.3) is 77.7 Å². The molecular weight excluding hydrogens is 867 g/mol. The molecule has 340 valence electrons. The smallest absolute Gasteiger partial charge is 0.137 e. The van der Waals surface area contributed by atoms with Crippen LogP contribution in [0.15, 0.2) is 243 Å². The molecule has 4 heterocycles. The normalized spacial score (nSPS) is 12.7. The molecule has 1 aliphatic rings. The highest BCUT2D eigenvalue weighted by atomic mass is 16.5. The van der Waals surface area contributed by atoms with E-state index in [0.717, 1.165) is 89.5 Å². The Morgan fingerprint density at radius 3 is 1.66 bits per heavy atom. The van der Waals surface area contributed by atoms with Gasteiger partial charge in [0.15, 0.2) is 0 Å². The highest BCUT2D eigenvalue weighted by Crippen LogP contribution is 2.51. The van der Waals surface area contributed by atoms with E-state index in [0.29, 0.717) is 12.4 Å². The van der Waals surface area contributed by atoms with Gasteiger partial charge in [-0.15, -0.1) is 0 Å². The topological polar surface area (TPSA) is 38.5 Å². The first-order valence-corrected chi connectivity index (χ1v) is 24.2. The number of hydrogen-bond donors (Lipinski definition) is 0. The van der Waals surface area contributed by atoms with Gasteiger partial charge in [-0.1, -0.05) is 178 Å². The lowest BCUT2D eigenvalue weighted by atomic mass is 9.94. The number of aromatic nitrogens is 3. The first-order chi connectivity index (χ1) is 35.4. The van der Waals surface area contributed by atoms with Crippen LogP contribution < -0.4 is 14.5 Å². The Kier molecular flexibility index (Phi) is 10.0. The Hall–Kier alpha value is -9.13. The molecule has 0 fully saturated rings. The van der Waals surface area contributed by atoms with Gasteiger partial charge in [-0.25, -0.2) is 4.98 Å². The predicted molar refractivity (Wildman–Crippen MR) is 294 cm³/mol. The Morgan fingerprint density at radius 1 is 0.451 bits per heavy atom. The Bertz CT molecular complexity index is 3920. The van der Waals surface area contributed by atoms with E-state index in [-0.39, 0.29) is 0 Å². The van der Waals surface area contributed by atoms with Crippen molar-refractivity contribution in [3.8, 4) is 56.4 Å². The molecule has 0 bridgehead atoms. The van der Waals surface area contributed by atoms with Crippen molar-refractivity contribution in [1.82, 2.24) is 14.1 Å². The summed E-state index contributed by atoms with van der Waals surface area (Å²) in [5.74, 6) is 1.25.